The highest BCUT2D eigenvalue weighted by atomic mass is 16.5. The molecule has 1 fully saturated rings. The summed E-state index contributed by atoms with van der Waals surface area (Å²) in [5.74, 6) is 2.43. The maximum Gasteiger partial charge on any atom is 0.123 e. The highest BCUT2D eigenvalue weighted by molar-refractivity contribution is 5.33. The quantitative estimate of drug-likeness (QED) is 0.861. The molecule has 0 amide bonds. The monoisotopic (exact) mass is 277 g/mol. The van der Waals surface area contributed by atoms with E-state index < -0.39 is 0 Å². The third kappa shape index (κ3) is 4.71. The Hall–Kier alpha value is -1.22. The Morgan fingerprint density at radius 3 is 2.55 bits per heavy atom. The largest absolute Gasteiger partial charge is 0.493 e. The second-order valence-electron chi connectivity index (χ2n) is 6.36. The van der Waals surface area contributed by atoms with E-state index in [1.165, 1.54) is 32.1 Å². The zero-order valence-electron chi connectivity index (χ0n) is 12.7. The fourth-order valence-corrected chi connectivity index (χ4v) is 2.56. The lowest BCUT2D eigenvalue weighted by Gasteiger charge is -2.25. The Morgan fingerprint density at radius 2 is 1.85 bits per heavy atom. The van der Waals surface area contributed by atoms with Gasteiger partial charge in [-0.05, 0) is 44.7 Å². The molecular formula is C17H27NO2. The molecule has 0 unspecified atom stereocenters. The molecule has 20 heavy (non-hydrogen) atoms. The lowest BCUT2D eigenvalue weighted by molar-refractivity contribution is 0.118. The molecule has 0 heterocycles. The number of rotatable bonds is 6. The van der Waals surface area contributed by atoms with Gasteiger partial charge in [0, 0.05) is 12.6 Å². The zero-order chi connectivity index (χ0) is 14.4. The second-order valence-corrected chi connectivity index (χ2v) is 6.36. The van der Waals surface area contributed by atoms with Crippen molar-refractivity contribution in [3.8, 4) is 11.5 Å². The summed E-state index contributed by atoms with van der Waals surface area (Å²) in [7, 11) is 0. The van der Waals surface area contributed by atoms with Gasteiger partial charge in [-0.25, -0.2) is 0 Å². The summed E-state index contributed by atoms with van der Waals surface area (Å²) in [4.78, 5) is 0. The summed E-state index contributed by atoms with van der Waals surface area (Å²) >= 11 is 0. The second kappa shape index (κ2) is 6.98. The fraction of sp³-hybridized carbons (Fsp3) is 0.647. The Balaban J connectivity index is 1.88. The minimum atomic E-state index is -0.345. The van der Waals surface area contributed by atoms with Crippen molar-refractivity contribution in [2.45, 2.75) is 51.6 Å². The van der Waals surface area contributed by atoms with Crippen LogP contribution in [-0.4, -0.2) is 18.8 Å². The van der Waals surface area contributed by atoms with E-state index >= 15 is 0 Å². The minimum absolute atomic E-state index is 0.345. The van der Waals surface area contributed by atoms with Gasteiger partial charge in [-0.1, -0.05) is 25.3 Å². The van der Waals surface area contributed by atoms with Crippen molar-refractivity contribution in [1.82, 2.24) is 0 Å². The molecule has 0 radical (unpaired) electrons. The average molecular weight is 277 g/mol. The Kier molecular flexibility index (Phi) is 5.30. The average Bonchev–Trinajstić information content (AvgIpc) is 2.46. The topological polar surface area (TPSA) is 44.5 Å². The van der Waals surface area contributed by atoms with Crippen LogP contribution in [0.1, 0.15) is 46.0 Å². The summed E-state index contributed by atoms with van der Waals surface area (Å²) in [6.45, 7) is 5.29. The van der Waals surface area contributed by atoms with Gasteiger partial charge in [0.15, 0.2) is 0 Å². The summed E-state index contributed by atoms with van der Waals surface area (Å²) in [5, 5.41) is 0. The molecular weight excluding hydrogens is 250 g/mol. The standard InChI is InChI=1S/C17H27NO2/c1-17(2,13-18)20-16-10-6-9-15(11-16)19-12-14-7-4-3-5-8-14/h6,9-11,14H,3-5,7-8,12-13,18H2,1-2H3. The third-order valence-electron chi connectivity index (χ3n) is 3.90. The zero-order valence-corrected chi connectivity index (χ0v) is 12.7. The smallest absolute Gasteiger partial charge is 0.123 e. The van der Waals surface area contributed by atoms with E-state index in [9.17, 15) is 0 Å². The van der Waals surface area contributed by atoms with Crippen LogP contribution in [0.4, 0.5) is 0 Å². The van der Waals surface area contributed by atoms with Crippen molar-refractivity contribution >= 4 is 0 Å². The number of nitrogens with two attached hydrogens (primary N) is 1. The maximum absolute atomic E-state index is 5.92. The summed E-state index contributed by atoms with van der Waals surface area (Å²) in [6, 6.07) is 7.87. The molecule has 112 valence electrons. The van der Waals surface area contributed by atoms with Gasteiger partial charge in [-0.2, -0.15) is 0 Å². The lowest BCUT2D eigenvalue weighted by atomic mass is 9.90. The first kappa shape index (κ1) is 15.2. The van der Waals surface area contributed by atoms with Gasteiger partial charge in [-0.3, -0.25) is 0 Å². The van der Waals surface area contributed by atoms with E-state index in [-0.39, 0.29) is 5.60 Å². The van der Waals surface area contributed by atoms with Gasteiger partial charge < -0.3 is 15.2 Å². The van der Waals surface area contributed by atoms with Crippen LogP contribution in [0.5, 0.6) is 11.5 Å². The van der Waals surface area contributed by atoms with E-state index in [2.05, 4.69) is 0 Å². The van der Waals surface area contributed by atoms with Crippen LogP contribution < -0.4 is 15.2 Å². The molecule has 0 atom stereocenters. The van der Waals surface area contributed by atoms with Crippen LogP contribution in [0.15, 0.2) is 24.3 Å². The van der Waals surface area contributed by atoms with Crippen LogP contribution in [0.2, 0.25) is 0 Å². The van der Waals surface area contributed by atoms with Crippen molar-refractivity contribution in [1.29, 1.82) is 0 Å². The van der Waals surface area contributed by atoms with Crippen molar-refractivity contribution in [3.63, 3.8) is 0 Å². The van der Waals surface area contributed by atoms with Crippen LogP contribution in [0, 0.1) is 5.92 Å². The molecule has 2 rings (SSSR count). The van der Waals surface area contributed by atoms with E-state index in [1.807, 2.05) is 38.1 Å². The number of benzene rings is 1. The van der Waals surface area contributed by atoms with Crippen molar-refractivity contribution < 1.29 is 9.47 Å². The summed E-state index contributed by atoms with van der Waals surface area (Å²) in [5.41, 5.74) is 5.35. The molecule has 3 heteroatoms. The van der Waals surface area contributed by atoms with Crippen molar-refractivity contribution in [2.24, 2.45) is 11.7 Å². The van der Waals surface area contributed by atoms with Crippen LogP contribution >= 0.6 is 0 Å². The SMILES string of the molecule is CC(C)(CN)Oc1cccc(OCC2CCCCC2)c1. The van der Waals surface area contributed by atoms with Crippen molar-refractivity contribution in [3.05, 3.63) is 24.3 Å². The van der Waals surface area contributed by atoms with Crippen LogP contribution in [0.25, 0.3) is 0 Å². The fourth-order valence-electron chi connectivity index (χ4n) is 2.56. The minimum Gasteiger partial charge on any atom is -0.493 e. The Morgan fingerprint density at radius 1 is 1.15 bits per heavy atom. The number of hydrogen-bond acceptors (Lipinski definition) is 3. The normalized spacial score (nSPS) is 16.9. The van der Waals surface area contributed by atoms with Gasteiger partial charge in [-0.15, -0.1) is 0 Å². The van der Waals surface area contributed by atoms with E-state index in [0.29, 0.717) is 12.5 Å². The third-order valence-corrected chi connectivity index (χ3v) is 3.90. The van der Waals surface area contributed by atoms with E-state index in [1.54, 1.807) is 0 Å². The molecule has 0 spiro atoms. The molecule has 0 saturated heterocycles. The predicted octanol–water partition coefficient (Wildman–Crippen LogP) is 3.76. The summed E-state index contributed by atoms with van der Waals surface area (Å²) < 4.78 is 11.8. The molecule has 1 aromatic rings. The molecule has 1 aliphatic rings. The first-order valence-corrected chi connectivity index (χ1v) is 7.71. The van der Waals surface area contributed by atoms with Crippen molar-refractivity contribution in [2.75, 3.05) is 13.2 Å². The lowest BCUT2D eigenvalue weighted by Crippen LogP contribution is -2.37. The molecule has 0 aliphatic heterocycles. The van der Waals surface area contributed by atoms with Gasteiger partial charge in [0.2, 0.25) is 0 Å². The molecule has 2 N–H and O–H groups in total. The molecule has 1 aliphatic carbocycles. The van der Waals surface area contributed by atoms with Gasteiger partial charge in [0.1, 0.15) is 17.1 Å². The Labute approximate surface area is 122 Å². The molecule has 1 aromatic carbocycles. The van der Waals surface area contributed by atoms with Gasteiger partial charge in [0.05, 0.1) is 6.61 Å². The molecule has 3 nitrogen and oxygen atoms in total. The first-order valence-electron chi connectivity index (χ1n) is 7.71. The number of hydrogen-bond donors (Lipinski definition) is 1. The highest BCUT2D eigenvalue weighted by Crippen LogP contribution is 2.27. The van der Waals surface area contributed by atoms with E-state index in [4.69, 9.17) is 15.2 Å². The Bertz CT molecular complexity index is 411. The number of ether oxygens (including phenoxy) is 2. The summed E-state index contributed by atoms with van der Waals surface area (Å²) in [6.07, 6.45) is 6.69. The maximum atomic E-state index is 5.92. The van der Waals surface area contributed by atoms with Crippen LogP contribution in [0.3, 0.4) is 0 Å². The molecule has 0 bridgehead atoms. The van der Waals surface area contributed by atoms with Crippen LogP contribution in [-0.2, 0) is 0 Å². The predicted molar refractivity (Wildman–Crippen MR) is 82.3 cm³/mol. The molecule has 0 aromatic heterocycles. The highest BCUT2D eigenvalue weighted by Gasteiger charge is 2.18. The van der Waals surface area contributed by atoms with Gasteiger partial charge >= 0.3 is 0 Å². The first-order chi connectivity index (χ1) is 9.59. The van der Waals surface area contributed by atoms with Gasteiger partial charge in [0.25, 0.3) is 0 Å². The van der Waals surface area contributed by atoms with E-state index in [0.717, 1.165) is 18.1 Å². The molecule has 1 saturated carbocycles.